The van der Waals surface area contributed by atoms with Gasteiger partial charge in [-0.2, -0.15) is 0 Å². The normalized spacial score (nSPS) is 21.6. The quantitative estimate of drug-likeness (QED) is 0.265. The Balaban J connectivity index is 0.000000324. The van der Waals surface area contributed by atoms with Gasteiger partial charge in [0, 0.05) is 63.1 Å². The van der Waals surface area contributed by atoms with Crippen LogP contribution in [-0.4, -0.2) is 59.8 Å². The van der Waals surface area contributed by atoms with Crippen LogP contribution in [0.1, 0.15) is 87.1 Å². The maximum atomic E-state index is 13.0. The second kappa shape index (κ2) is 13.5. The van der Waals surface area contributed by atoms with Gasteiger partial charge in [-0.25, -0.2) is 19.6 Å². The van der Waals surface area contributed by atoms with E-state index in [9.17, 15) is 29.4 Å². The van der Waals surface area contributed by atoms with Gasteiger partial charge in [-0.1, -0.05) is 0 Å². The third kappa shape index (κ3) is 6.65. The molecule has 2 atom stereocenters. The SMILES string of the molecule is [2H]C([2H])([2H])[C@H](O)C([2H])([2H])CCCn1c(=O)c2c(nc(C)n2C)n(C)c1=O.[2H]C([2H])([2H])n1c(C)nc2c1c(=O)n(CCCC([2H])([2H])[C@@]([2H])(O)C([2H])([2H])[2H])c(=O)n2C([2H])([2H])[2H]. The average molecular weight is 606 g/mol. The van der Waals surface area contributed by atoms with Crippen LogP contribution in [0.4, 0.5) is 0 Å². The van der Waals surface area contributed by atoms with Gasteiger partial charge in [-0.05, 0) is 66.0 Å². The Morgan fingerprint density at radius 2 is 1.24 bits per heavy atom. The van der Waals surface area contributed by atoms with Crippen molar-refractivity contribution in [1.82, 2.24) is 37.4 Å². The predicted molar refractivity (Wildman–Crippen MR) is 161 cm³/mol. The number of aliphatic hydroxyl groups excluding tert-OH is 1. The lowest BCUT2D eigenvalue weighted by atomic mass is 10.2. The van der Waals surface area contributed by atoms with E-state index in [4.69, 9.17) is 23.3 Å². The number of rotatable bonds is 10. The summed E-state index contributed by atoms with van der Waals surface area (Å²) in [4.78, 5) is 58.9. The Hall–Kier alpha value is -3.78. The molecule has 4 rings (SSSR count). The van der Waals surface area contributed by atoms with Crippen molar-refractivity contribution in [2.24, 2.45) is 28.0 Å². The monoisotopic (exact) mass is 605 g/mol. The second-order valence-corrected chi connectivity index (χ2v) is 9.27. The van der Waals surface area contributed by atoms with Crippen molar-refractivity contribution in [3.05, 3.63) is 53.3 Å². The number of fused-ring (bicyclic) bond motifs is 2. The Morgan fingerprint density at radius 3 is 1.79 bits per heavy atom. The minimum absolute atomic E-state index is 0.0115. The summed E-state index contributed by atoms with van der Waals surface area (Å²) in [5.74, 6) is 0.326. The lowest BCUT2D eigenvalue weighted by Crippen LogP contribution is -2.39. The second-order valence-electron chi connectivity index (χ2n) is 9.27. The van der Waals surface area contributed by atoms with E-state index in [2.05, 4.69) is 9.97 Å². The van der Waals surface area contributed by atoms with Gasteiger partial charge in [-0.15, -0.1) is 0 Å². The molecule has 232 valence electrons. The molecule has 0 radical (unpaired) electrons. The summed E-state index contributed by atoms with van der Waals surface area (Å²) in [5, 5.41) is 19.5. The standard InChI is InChI=1S/2C14H22N4O3/c2*1-9(19)7-5-6-8-18-13(20)11-12(17(4)14(18)21)15-10(2)16(11)3/h2*9,19H,5-8H2,1-4H3/t2*9-/m00/s1/i1D3,3D3,4D3,7D2,9D;1D3,7D2. The number of imidazole rings is 2. The molecule has 0 unspecified atom stereocenters. The highest BCUT2D eigenvalue weighted by molar-refractivity contribution is 5.71. The zero-order valence-corrected chi connectivity index (χ0v) is 23.4. The first kappa shape index (κ1) is 16.2. The van der Waals surface area contributed by atoms with Crippen LogP contribution >= 0.6 is 0 Å². The molecule has 4 aromatic rings. The molecule has 0 spiro atoms. The first-order valence-corrected chi connectivity index (χ1v) is 12.6. The Bertz CT molecular complexity index is 2450. The zero-order valence-electron chi connectivity index (χ0n) is 40.4. The molecular formula is C28H44N8O6. The minimum Gasteiger partial charge on any atom is -0.393 e. The lowest BCUT2D eigenvalue weighted by molar-refractivity contribution is 0.179. The molecule has 0 aliphatic carbocycles. The highest BCUT2D eigenvalue weighted by Crippen LogP contribution is 2.09. The highest BCUT2D eigenvalue weighted by Gasteiger charge is 2.18. The van der Waals surface area contributed by atoms with Crippen LogP contribution in [0.3, 0.4) is 0 Å². The van der Waals surface area contributed by atoms with E-state index < -0.39 is 106 Å². The topological polar surface area (TPSA) is 164 Å². The van der Waals surface area contributed by atoms with E-state index in [0.717, 1.165) is 4.57 Å². The number of hydrogen-bond acceptors (Lipinski definition) is 8. The molecule has 4 heterocycles. The third-order valence-electron chi connectivity index (χ3n) is 6.44. The van der Waals surface area contributed by atoms with E-state index in [0.29, 0.717) is 15.0 Å². The van der Waals surface area contributed by atoms with Gasteiger partial charge in [0.1, 0.15) is 11.6 Å². The van der Waals surface area contributed by atoms with E-state index in [1.165, 1.54) is 18.5 Å². The summed E-state index contributed by atoms with van der Waals surface area (Å²) in [6.07, 6.45) is -12.6. The van der Waals surface area contributed by atoms with Crippen molar-refractivity contribution in [3.8, 4) is 0 Å². The number of aromatic nitrogens is 8. The Kier molecular flexibility index (Phi) is 5.18. The molecule has 0 fully saturated rings. The fourth-order valence-electron chi connectivity index (χ4n) is 4.16. The van der Waals surface area contributed by atoms with Gasteiger partial charge >= 0.3 is 11.4 Å². The minimum atomic E-state index is -3.50. The molecule has 0 aliphatic rings. The van der Waals surface area contributed by atoms with Gasteiger partial charge in [-0.3, -0.25) is 27.9 Å². The molecular weight excluding hydrogens is 544 g/mol. The molecule has 2 N–H and O–H groups in total. The molecule has 0 aromatic carbocycles. The number of aliphatic hydroxyl groups is 2. The van der Waals surface area contributed by atoms with Crippen LogP contribution < -0.4 is 22.5 Å². The van der Waals surface area contributed by atoms with Crippen LogP contribution in [0.25, 0.3) is 22.3 Å². The highest BCUT2D eigenvalue weighted by atomic mass is 16.3. The predicted octanol–water partition coefficient (Wildman–Crippen LogP) is 0.586. The molecule has 0 amide bonds. The number of aryl methyl sites for hydroxylation is 6. The fourth-order valence-corrected chi connectivity index (χ4v) is 4.16. The van der Waals surface area contributed by atoms with E-state index in [1.807, 2.05) is 0 Å². The summed E-state index contributed by atoms with van der Waals surface area (Å²) >= 11 is 0. The van der Waals surface area contributed by atoms with Crippen LogP contribution in [-0.2, 0) is 41.1 Å². The van der Waals surface area contributed by atoms with E-state index >= 15 is 0 Å². The van der Waals surface area contributed by atoms with Gasteiger partial charge in [0.25, 0.3) is 11.1 Å². The average Bonchev–Trinajstić information content (AvgIpc) is 3.56. The van der Waals surface area contributed by atoms with Gasteiger partial charge in [0.2, 0.25) is 0 Å². The summed E-state index contributed by atoms with van der Waals surface area (Å²) in [5.41, 5.74) is -4.48. The van der Waals surface area contributed by atoms with Crippen molar-refractivity contribution in [2.75, 3.05) is 0 Å². The van der Waals surface area contributed by atoms with Crippen molar-refractivity contribution >= 4 is 22.3 Å². The summed E-state index contributed by atoms with van der Waals surface area (Å²) in [7, 11) is 3.15. The first-order chi connectivity index (χ1) is 26.3. The maximum Gasteiger partial charge on any atom is 0.332 e. The molecule has 14 nitrogen and oxygen atoms in total. The van der Waals surface area contributed by atoms with Gasteiger partial charge in [0.15, 0.2) is 22.3 Å². The molecule has 0 bridgehead atoms. The zero-order chi connectivity index (χ0) is 46.0. The molecule has 0 saturated heterocycles. The Labute approximate surface area is 267 Å². The molecule has 14 heteroatoms. The number of nitrogens with zero attached hydrogens (tertiary/aromatic N) is 8. The first-order valence-electron chi connectivity index (χ1n) is 21.1. The largest absolute Gasteiger partial charge is 0.393 e. The fraction of sp³-hybridized carbons (Fsp3) is 0.643. The van der Waals surface area contributed by atoms with Crippen molar-refractivity contribution < 1.29 is 33.5 Å². The van der Waals surface area contributed by atoms with Crippen LogP contribution in [0.15, 0.2) is 19.2 Å². The smallest absolute Gasteiger partial charge is 0.332 e. The lowest BCUT2D eigenvalue weighted by Gasteiger charge is -2.09. The van der Waals surface area contributed by atoms with Crippen LogP contribution in [0.2, 0.25) is 0 Å². The molecule has 42 heavy (non-hydrogen) atoms. The summed E-state index contributed by atoms with van der Waals surface area (Å²) in [6, 6.07) is 0. The van der Waals surface area contributed by atoms with Crippen molar-refractivity contribution in [1.29, 1.82) is 0 Å². The Morgan fingerprint density at radius 1 is 0.738 bits per heavy atom. The van der Waals surface area contributed by atoms with Crippen molar-refractivity contribution in [2.45, 2.75) is 91.3 Å². The summed E-state index contributed by atoms with van der Waals surface area (Å²) < 4.78 is 132. The van der Waals surface area contributed by atoms with Crippen molar-refractivity contribution in [3.63, 3.8) is 0 Å². The maximum absolute atomic E-state index is 13.0. The number of hydrogen-bond donors (Lipinski definition) is 2. The van der Waals surface area contributed by atoms with Gasteiger partial charge in [0.05, 0.1) is 13.6 Å². The molecule has 0 saturated carbocycles. The molecule has 4 aromatic heterocycles. The van der Waals surface area contributed by atoms with Gasteiger partial charge < -0.3 is 19.3 Å². The van der Waals surface area contributed by atoms with Crippen LogP contribution in [0, 0.1) is 13.8 Å². The molecule has 0 aliphatic heterocycles. The third-order valence-corrected chi connectivity index (χ3v) is 6.44. The van der Waals surface area contributed by atoms with Crippen LogP contribution in [0.5, 0.6) is 0 Å². The van der Waals surface area contributed by atoms with E-state index in [-0.39, 0.29) is 40.9 Å². The summed E-state index contributed by atoms with van der Waals surface area (Å²) in [6.45, 7) is -10.2. The van der Waals surface area contributed by atoms with E-state index in [1.54, 1.807) is 18.5 Å².